The van der Waals surface area contributed by atoms with Gasteiger partial charge >= 0.3 is 6.03 Å². The van der Waals surface area contributed by atoms with Crippen LogP contribution >= 0.6 is 0 Å². The molecule has 3 amide bonds. The van der Waals surface area contributed by atoms with E-state index in [1.54, 1.807) is 7.05 Å². The van der Waals surface area contributed by atoms with E-state index in [0.29, 0.717) is 5.56 Å². The van der Waals surface area contributed by atoms with Crippen LogP contribution in [0, 0.1) is 0 Å². The summed E-state index contributed by atoms with van der Waals surface area (Å²) in [6.07, 6.45) is 2.88. The smallest absolute Gasteiger partial charge is 0.330 e. The lowest BCUT2D eigenvalue weighted by Crippen LogP contribution is -2.44. The Kier molecular flexibility index (Phi) is 2.48. The maximum atomic E-state index is 11.1. The highest BCUT2D eigenvalue weighted by Gasteiger charge is 2.06. The Morgan fingerprint density at radius 1 is 1.54 bits per heavy atom. The van der Waals surface area contributed by atoms with Crippen LogP contribution in [0.5, 0.6) is 0 Å². The second kappa shape index (κ2) is 3.57. The van der Waals surface area contributed by atoms with Crippen LogP contribution in [0.15, 0.2) is 12.4 Å². The summed E-state index contributed by atoms with van der Waals surface area (Å²) < 4.78 is 1.47. The SMILES string of the molecule is Cn1cc(C(=O)NNC(N)=O)cn1. The number of hydrogen-bond donors (Lipinski definition) is 3. The van der Waals surface area contributed by atoms with Crippen LogP contribution in [0.4, 0.5) is 4.79 Å². The molecular formula is C6H9N5O2. The number of carbonyl (C=O) groups excluding carboxylic acids is 2. The predicted molar refractivity (Wildman–Crippen MR) is 43.4 cm³/mol. The van der Waals surface area contributed by atoms with Crippen LogP contribution in [0.2, 0.25) is 0 Å². The van der Waals surface area contributed by atoms with Crippen molar-refractivity contribution in [2.24, 2.45) is 12.8 Å². The minimum atomic E-state index is -0.822. The van der Waals surface area contributed by atoms with Crippen LogP contribution < -0.4 is 16.6 Å². The number of carbonyl (C=O) groups is 2. The summed E-state index contributed by atoms with van der Waals surface area (Å²) in [4.78, 5) is 21.3. The Morgan fingerprint density at radius 3 is 2.69 bits per heavy atom. The monoisotopic (exact) mass is 183 g/mol. The van der Waals surface area contributed by atoms with Crippen LogP contribution in [-0.2, 0) is 7.05 Å². The van der Waals surface area contributed by atoms with Crippen molar-refractivity contribution in [3.05, 3.63) is 18.0 Å². The van der Waals surface area contributed by atoms with Gasteiger partial charge in [0.2, 0.25) is 0 Å². The summed E-state index contributed by atoms with van der Waals surface area (Å²) in [7, 11) is 1.68. The molecule has 70 valence electrons. The van der Waals surface area contributed by atoms with Gasteiger partial charge in [-0.05, 0) is 0 Å². The Morgan fingerprint density at radius 2 is 2.23 bits per heavy atom. The van der Waals surface area contributed by atoms with Gasteiger partial charge in [-0.1, -0.05) is 0 Å². The molecule has 0 aliphatic carbocycles. The lowest BCUT2D eigenvalue weighted by Gasteiger charge is -2.01. The van der Waals surface area contributed by atoms with E-state index in [0.717, 1.165) is 0 Å². The Balaban J connectivity index is 2.54. The Hall–Kier alpha value is -2.05. The van der Waals surface area contributed by atoms with E-state index >= 15 is 0 Å². The van der Waals surface area contributed by atoms with Crippen LogP contribution in [0.3, 0.4) is 0 Å². The van der Waals surface area contributed by atoms with Gasteiger partial charge in [0.25, 0.3) is 5.91 Å². The molecule has 0 atom stereocenters. The number of nitrogens with zero attached hydrogens (tertiary/aromatic N) is 2. The van der Waals surface area contributed by atoms with E-state index in [2.05, 4.69) is 10.5 Å². The number of rotatable bonds is 1. The summed E-state index contributed by atoms with van der Waals surface area (Å²) in [6.45, 7) is 0. The Bertz CT molecular complexity index is 332. The molecule has 7 nitrogen and oxygen atoms in total. The zero-order valence-electron chi connectivity index (χ0n) is 6.94. The molecule has 0 aromatic carbocycles. The van der Waals surface area contributed by atoms with Gasteiger partial charge in [-0.2, -0.15) is 5.10 Å². The van der Waals surface area contributed by atoms with Gasteiger partial charge in [0.1, 0.15) is 0 Å². The first-order valence-electron chi connectivity index (χ1n) is 3.44. The summed E-state index contributed by atoms with van der Waals surface area (Å²) in [5.74, 6) is -0.466. The molecule has 0 aliphatic heterocycles. The quantitative estimate of drug-likeness (QED) is 0.473. The molecule has 0 unspecified atom stereocenters. The van der Waals surface area contributed by atoms with Gasteiger partial charge < -0.3 is 5.73 Å². The highest BCUT2D eigenvalue weighted by Crippen LogP contribution is 1.93. The molecule has 1 aromatic heterocycles. The van der Waals surface area contributed by atoms with Crippen molar-refractivity contribution in [3.8, 4) is 0 Å². The van der Waals surface area contributed by atoms with Crippen molar-refractivity contribution >= 4 is 11.9 Å². The summed E-state index contributed by atoms with van der Waals surface area (Å²) >= 11 is 0. The van der Waals surface area contributed by atoms with E-state index in [1.807, 2.05) is 5.43 Å². The molecule has 0 radical (unpaired) electrons. The molecule has 1 aromatic rings. The lowest BCUT2D eigenvalue weighted by atomic mass is 10.3. The summed E-state index contributed by atoms with van der Waals surface area (Å²) in [5, 5.41) is 3.78. The van der Waals surface area contributed by atoms with Crippen LogP contribution in [-0.4, -0.2) is 21.7 Å². The molecule has 1 rings (SSSR count). The molecular weight excluding hydrogens is 174 g/mol. The first-order valence-corrected chi connectivity index (χ1v) is 3.44. The van der Waals surface area contributed by atoms with Crippen molar-refractivity contribution in [2.45, 2.75) is 0 Å². The molecule has 0 fully saturated rings. The van der Waals surface area contributed by atoms with Gasteiger partial charge in [-0.3, -0.25) is 14.9 Å². The van der Waals surface area contributed by atoms with E-state index in [1.165, 1.54) is 17.1 Å². The predicted octanol–water partition coefficient (Wildman–Crippen LogP) is -1.27. The van der Waals surface area contributed by atoms with Crippen molar-refractivity contribution < 1.29 is 9.59 Å². The van der Waals surface area contributed by atoms with Gasteiger partial charge in [0, 0.05) is 13.2 Å². The number of aryl methyl sites for hydroxylation is 1. The standard InChI is InChI=1S/C6H9N5O2/c1-11-3-4(2-8-11)5(12)9-10-6(7)13/h2-3H,1H3,(H,9,12)(H3,7,10,13). The highest BCUT2D eigenvalue weighted by molar-refractivity contribution is 5.94. The number of nitrogens with one attached hydrogen (secondary N) is 2. The molecule has 0 aliphatic rings. The number of aromatic nitrogens is 2. The van der Waals surface area contributed by atoms with E-state index in [9.17, 15) is 9.59 Å². The first-order chi connectivity index (χ1) is 6.09. The third-order valence-corrected chi connectivity index (χ3v) is 1.27. The van der Waals surface area contributed by atoms with Crippen LogP contribution in [0.25, 0.3) is 0 Å². The molecule has 0 saturated heterocycles. The molecule has 7 heteroatoms. The average molecular weight is 183 g/mol. The topological polar surface area (TPSA) is 102 Å². The molecule has 0 spiro atoms. The minimum absolute atomic E-state index is 0.344. The van der Waals surface area contributed by atoms with Crippen molar-refractivity contribution in [1.82, 2.24) is 20.6 Å². The second-order valence-corrected chi connectivity index (χ2v) is 2.35. The van der Waals surface area contributed by atoms with Gasteiger partial charge in [-0.15, -0.1) is 0 Å². The zero-order valence-corrected chi connectivity index (χ0v) is 6.94. The fourth-order valence-corrected chi connectivity index (χ4v) is 0.729. The van der Waals surface area contributed by atoms with E-state index < -0.39 is 11.9 Å². The van der Waals surface area contributed by atoms with E-state index in [4.69, 9.17) is 5.73 Å². The van der Waals surface area contributed by atoms with Gasteiger partial charge in [0.05, 0.1) is 11.8 Å². The molecule has 13 heavy (non-hydrogen) atoms. The molecule has 4 N–H and O–H groups in total. The second-order valence-electron chi connectivity index (χ2n) is 2.35. The molecule has 1 heterocycles. The number of urea groups is 1. The summed E-state index contributed by atoms with van der Waals surface area (Å²) in [6, 6.07) is -0.822. The van der Waals surface area contributed by atoms with Crippen molar-refractivity contribution in [3.63, 3.8) is 0 Å². The van der Waals surface area contributed by atoms with Crippen LogP contribution in [0.1, 0.15) is 10.4 Å². The lowest BCUT2D eigenvalue weighted by molar-refractivity contribution is 0.0937. The largest absolute Gasteiger partial charge is 0.350 e. The zero-order chi connectivity index (χ0) is 9.84. The average Bonchev–Trinajstić information content (AvgIpc) is 2.47. The number of nitrogens with two attached hydrogens (primary N) is 1. The van der Waals surface area contributed by atoms with E-state index in [-0.39, 0.29) is 0 Å². The Labute approximate surface area is 73.9 Å². The van der Waals surface area contributed by atoms with Crippen molar-refractivity contribution in [2.75, 3.05) is 0 Å². The molecule has 0 bridgehead atoms. The number of hydrazine groups is 1. The highest BCUT2D eigenvalue weighted by atomic mass is 16.2. The normalized spacial score (nSPS) is 9.31. The number of amides is 3. The maximum absolute atomic E-state index is 11.1. The maximum Gasteiger partial charge on any atom is 0.330 e. The minimum Gasteiger partial charge on any atom is -0.350 e. The fourth-order valence-electron chi connectivity index (χ4n) is 0.729. The fraction of sp³-hybridized carbons (Fsp3) is 0.167. The summed E-state index contributed by atoms with van der Waals surface area (Å²) in [5.41, 5.74) is 9.13. The third kappa shape index (κ3) is 2.47. The number of primary amides is 1. The number of hydrogen-bond acceptors (Lipinski definition) is 3. The van der Waals surface area contributed by atoms with Gasteiger partial charge in [-0.25, -0.2) is 10.2 Å². The third-order valence-electron chi connectivity index (χ3n) is 1.27. The van der Waals surface area contributed by atoms with Crippen molar-refractivity contribution in [1.29, 1.82) is 0 Å². The molecule has 0 saturated carbocycles. The first kappa shape index (κ1) is 9.04. The van der Waals surface area contributed by atoms with Gasteiger partial charge in [0.15, 0.2) is 0 Å².